The van der Waals surface area contributed by atoms with Crippen molar-refractivity contribution in [3.63, 3.8) is 0 Å². The second-order valence-corrected chi connectivity index (χ2v) is 7.40. The minimum absolute atomic E-state index is 0.108. The summed E-state index contributed by atoms with van der Waals surface area (Å²) in [6.07, 6.45) is 3.90. The van der Waals surface area contributed by atoms with Crippen LogP contribution in [0, 0.1) is 0 Å². The first-order valence-corrected chi connectivity index (χ1v) is 8.69. The fourth-order valence-electron chi connectivity index (χ4n) is 2.58. The summed E-state index contributed by atoms with van der Waals surface area (Å²) in [5.74, 6) is -0.108. The van der Waals surface area contributed by atoms with Crippen LogP contribution in [0.4, 0.5) is 0 Å². The molecule has 0 radical (unpaired) electrons. The Hall–Kier alpha value is -1.09. The molecule has 0 unspecified atom stereocenters. The first kappa shape index (κ1) is 14.8. The summed E-state index contributed by atoms with van der Waals surface area (Å²) in [5, 5.41) is 5.64. The summed E-state index contributed by atoms with van der Waals surface area (Å²) in [5.41, 5.74) is 0.576. The first-order chi connectivity index (χ1) is 9.86. The molecule has 1 saturated carbocycles. The van der Waals surface area contributed by atoms with Gasteiger partial charge < -0.3 is 9.47 Å². The van der Waals surface area contributed by atoms with Crippen molar-refractivity contribution in [2.24, 2.45) is 5.14 Å². The van der Waals surface area contributed by atoms with E-state index in [9.17, 15) is 13.2 Å². The van der Waals surface area contributed by atoms with Crippen LogP contribution in [-0.4, -0.2) is 54.3 Å². The number of nitrogens with two attached hydrogens (primary N) is 1. The zero-order valence-corrected chi connectivity index (χ0v) is 13.0. The second-order valence-electron chi connectivity index (χ2n) is 5.42. The number of amides is 1. The third-order valence-electron chi connectivity index (χ3n) is 3.86. The topological polar surface area (TPSA) is 88.6 Å². The summed E-state index contributed by atoms with van der Waals surface area (Å²) in [4.78, 5) is 14.2. The van der Waals surface area contributed by atoms with Gasteiger partial charge in [-0.2, -0.15) is 12.7 Å². The van der Waals surface area contributed by atoms with Gasteiger partial charge in [-0.15, -0.1) is 0 Å². The molecule has 0 atom stereocenters. The molecule has 9 heteroatoms. The van der Waals surface area contributed by atoms with Crippen molar-refractivity contribution < 1.29 is 13.2 Å². The summed E-state index contributed by atoms with van der Waals surface area (Å²) in [6, 6.07) is 2.04. The first-order valence-electron chi connectivity index (χ1n) is 6.81. The van der Waals surface area contributed by atoms with E-state index in [0.29, 0.717) is 29.8 Å². The van der Waals surface area contributed by atoms with E-state index in [4.69, 9.17) is 16.7 Å². The average Bonchev–Trinajstić information content (AvgIpc) is 3.20. The highest BCUT2D eigenvalue weighted by Crippen LogP contribution is 2.37. The van der Waals surface area contributed by atoms with Gasteiger partial charge in [-0.3, -0.25) is 4.79 Å². The number of carbonyl (C=O) groups is 1. The van der Waals surface area contributed by atoms with E-state index >= 15 is 0 Å². The van der Waals surface area contributed by atoms with Gasteiger partial charge >= 0.3 is 0 Å². The number of hydrogen-bond acceptors (Lipinski definition) is 3. The van der Waals surface area contributed by atoms with Gasteiger partial charge in [0, 0.05) is 38.4 Å². The number of carbonyl (C=O) groups excluding carboxylic acids is 1. The highest BCUT2D eigenvalue weighted by molar-refractivity contribution is 7.86. The van der Waals surface area contributed by atoms with Crippen molar-refractivity contribution >= 4 is 27.7 Å². The predicted octanol–water partition coefficient (Wildman–Crippen LogP) is 0.438. The summed E-state index contributed by atoms with van der Waals surface area (Å²) in [6.45, 7) is 1.12. The van der Waals surface area contributed by atoms with Crippen LogP contribution in [0.5, 0.6) is 0 Å². The van der Waals surface area contributed by atoms with Crippen molar-refractivity contribution in [3.8, 4) is 0 Å². The Labute approximate surface area is 128 Å². The van der Waals surface area contributed by atoms with Crippen LogP contribution >= 0.6 is 11.6 Å². The van der Waals surface area contributed by atoms with Gasteiger partial charge in [0.15, 0.2) is 0 Å². The Morgan fingerprint density at radius 2 is 1.86 bits per heavy atom. The number of nitrogens with zero attached hydrogens (tertiary/aromatic N) is 3. The monoisotopic (exact) mass is 332 g/mol. The Morgan fingerprint density at radius 3 is 2.38 bits per heavy atom. The lowest BCUT2D eigenvalue weighted by Crippen LogP contribution is -2.52. The van der Waals surface area contributed by atoms with Gasteiger partial charge in [0.1, 0.15) is 5.69 Å². The zero-order valence-electron chi connectivity index (χ0n) is 11.4. The summed E-state index contributed by atoms with van der Waals surface area (Å²) >= 11 is 6.01. The second kappa shape index (κ2) is 5.28. The van der Waals surface area contributed by atoms with Gasteiger partial charge in [-0.25, -0.2) is 5.14 Å². The maximum atomic E-state index is 12.6. The van der Waals surface area contributed by atoms with Crippen molar-refractivity contribution in [1.29, 1.82) is 0 Å². The Bertz CT molecular complexity index is 660. The van der Waals surface area contributed by atoms with E-state index in [0.717, 1.165) is 12.8 Å². The molecule has 1 saturated heterocycles. The third-order valence-corrected chi connectivity index (χ3v) is 5.15. The van der Waals surface area contributed by atoms with Crippen molar-refractivity contribution in [1.82, 2.24) is 13.8 Å². The van der Waals surface area contributed by atoms with Gasteiger partial charge in [0.25, 0.3) is 16.1 Å². The molecule has 0 aromatic carbocycles. The average molecular weight is 333 g/mol. The molecule has 2 heterocycles. The highest BCUT2D eigenvalue weighted by atomic mass is 35.5. The molecule has 1 aromatic rings. The van der Waals surface area contributed by atoms with Crippen molar-refractivity contribution in [2.75, 3.05) is 26.2 Å². The van der Waals surface area contributed by atoms with Crippen molar-refractivity contribution in [2.45, 2.75) is 18.9 Å². The highest BCUT2D eigenvalue weighted by Gasteiger charge is 2.32. The maximum Gasteiger partial charge on any atom is 0.277 e. The van der Waals surface area contributed by atoms with Gasteiger partial charge in [-0.05, 0) is 18.9 Å². The van der Waals surface area contributed by atoms with Crippen LogP contribution in [-0.2, 0) is 10.2 Å². The van der Waals surface area contributed by atoms with E-state index in [1.54, 1.807) is 17.2 Å². The quantitative estimate of drug-likeness (QED) is 0.871. The van der Waals surface area contributed by atoms with Gasteiger partial charge in [0.2, 0.25) is 0 Å². The van der Waals surface area contributed by atoms with Crippen LogP contribution in [0.25, 0.3) is 0 Å². The van der Waals surface area contributed by atoms with Crippen LogP contribution in [0.2, 0.25) is 5.02 Å². The van der Waals surface area contributed by atoms with Crippen LogP contribution in [0.15, 0.2) is 12.3 Å². The van der Waals surface area contributed by atoms with E-state index < -0.39 is 10.2 Å². The Kier molecular flexibility index (Phi) is 3.73. The number of halogens is 1. The predicted molar refractivity (Wildman–Crippen MR) is 78.3 cm³/mol. The van der Waals surface area contributed by atoms with E-state index in [-0.39, 0.29) is 19.0 Å². The Morgan fingerprint density at radius 1 is 1.24 bits per heavy atom. The minimum Gasteiger partial charge on any atom is -0.339 e. The normalized spacial score (nSPS) is 20.8. The lowest BCUT2D eigenvalue weighted by Gasteiger charge is -2.33. The molecule has 2 fully saturated rings. The lowest BCUT2D eigenvalue weighted by atomic mass is 10.3. The fourth-order valence-corrected chi connectivity index (χ4v) is 3.46. The number of aromatic nitrogens is 1. The smallest absolute Gasteiger partial charge is 0.277 e. The van der Waals surface area contributed by atoms with E-state index in [1.165, 1.54) is 4.31 Å². The standard InChI is InChI=1S/C12H17ClN4O3S/c13-9-7-11(17(8-9)10-1-2-10)12(18)15-3-5-16(6-4-15)21(14,19)20/h7-8,10H,1-6H2,(H2,14,19,20). The van der Waals surface area contributed by atoms with E-state index in [1.807, 2.05) is 4.57 Å². The minimum atomic E-state index is -3.68. The van der Waals surface area contributed by atoms with E-state index in [2.05, 4.69) is 0 Å². The molecule has 21 heavy (non-hydrogen) atoms. The summed E-state index contributed by atoms with van der Waals surface area (Å²) in [7, 11) is -3.68. The number of piperazine rings is 1. The number of hydrogen-bond donors (Lipinski definition) is 1. The largest absolute Gasteiger partial charge is 0.339 e. The third kappa shape index (κ3) is 3.08. The number of rotatable bonds is 3. The van der Waals surface area contributed by atoms with Gasteiger partial charge in [-0.1, -0.05) is 11.6 Å². The molecule has 1 aliphatic carbocycles. The molecular weight excluding hydrogens is 316 g/mol. The van der Waals surface area contributed by atoms with Crippen molar-refractivity contribution in [3.05, 3.63) is 23.0 Å². The summed E-state index contributed by atoms with van der Waals surface area (Å²) < 4.78 is 25.6. The van der Waals surface area contributed by atoms with Crippen LogP contribution in [0.1, 0.15) is 29.4 Å². The molecule has 3 rings (SSSR count). The fraction of sp³-hybridized carbons (Fsp3) is 0.583. The molecule has 1 amide bonds. The maximum absolute atomic E-state index is 12.6. The molecule has 1 aromatic heterocycles. The molecule has 2 N–H and O–H groups in total. The molecule has 0 bridgehead atoms. The van der Waals surface area contributed by atoms with Crippen LogP contribution in [0.3, 0.4) is 0 Å². The SMILES string of the molecule is NS(=O)(=O)N1CCN(C(=O)c2cc(Cl)cn2C2CC2)CC1. The molecule has 2 aliphatic rings. The Balaban J connectivity index is 1.72. The van der Waals surface area contributed by atoms with Gasteiger partial charge in [0.05, 0.1) is 5.02 Å². The molecule has 1 aliphatic heterocycles. The molecule has 116 valence electrons. The zero-order chi connectivity index (χ0) is 15.2. The molecular formula is C12H17ClN4O3S. The van der Waals surface area contributed by atoms with Crippen LogP contribution < -0.4 is 5.14 Å². The lowest BCUT2D eigenvalue weighted by molar-refractivity contribution is 0.0686. The molecule has 7 nitrogen and oxygen atoms in total. The molecule has 0 spiro atoms.